The number of H-pyrrole nitrogens is 1. The molecule has 0 aromatic carbocycles. The van der Waals surface area contributed by atoms with Gasteiger partial charge >= 0.3 is 0 Å². The average molecular weight is 248 g/mol. The van der Waals surface area contributed by atoms with Crippen molar-refractivity contribution in [3.63, 3.8) is 0 Å². The highest BCUT2D eigenvalue weighted by Crippen LogP contribution is 2.27. The minimum absolute atomic E-state index is 0.748. The molecule has 2 saturated heterocycles. The zero-order valence-electron chi connectivity index (χ0n) is 11.3. The SMILES string of the molecule is Cc1[nH]ncc1CCCNC1CCN2CCCC12. The van der Waals surface area contributed by atoms with Gasteiger partial charge in [0.05, 0.1) is 6.20 Å². The molecule has 4 nitrogen and oxygen atoms in total. The summed E-state index contributed by atoms with van der Waals surface area (Å²) in [5, 5.41) is 10.8. The number of hydrogen-bond donors (Lipinski definition) is 2. The normalized spacial score (nSPS) is 27.8. The monoisotopic (exact) mass is 248 g/mol. The van der Waals surface area contributed by atoms with Gasteiger partial charge in [0.25, 0.3) is 0 Å². The molecule has 3 heterocycles. The summed E-state index contributed by atoms with van der Waals surface area (Å²) in [6.07, 6.45) is 8.45. The van der Waals surface area contributed by atoms with Gasteiger partial charge < -0.3 is 5.32 Å². The van der Waals surface area contributed by atoms with E-state index in [-0.39, 0.29) is 0 Å². The number of aromatic amines is 1. The first-order chi connectivity index (χ1) is 8.84. The van der Waals surface area contributed by atoms with Gasteiger partial charge in [-0.2, -0.15) is 5.10 Å². The third kappa shape index (κ3) is 2.45. The smallest absolute Gasteiger partial charge is 0.0522 e. The van der Waals surface area contributed by atoms with Crippen molar-refractivity contribution in [2.24, 2.45) is 0 Å². The van der Waals surface area contributed by atoms with Crippen LogP contribution in [0.15, 0.2) is 6.20 Å². The highest BCUT2D eigenvalue weighted by atomic mass is 15.2. The number of aromatic nitrogens is 2. The molecule has 3 rings (SSSR count). The van der Waals surface area contributed by atoms with Gasteiger partial charge in [0, 0.05) is 24.3 Å². The van der Waals surface area contributed by atoms with Gasteiger partial charge in [-0.1, -0.05) is 0 Å². The van der Waals surface area contributed by atoms with Crippen molar-refractivity contribution in [2.45, 2.75) is 51.1 Å². The molecule has 100 valence electrons. The molecule has 0 bridgehead atoms. The Morgan fingerprint density at radius 2 is 2.39 bits per heavy atom. The number of fused-ring (bicyclic) bond motifs is 1. The molecule has 2 N–H and O–H groups in total. The van der Waals surface area contributed by atoms with Gasteiger partial charge in [0.2, 0.25) is 0 Å². The molecule has 2 fully saturated rings. The Kier molecular flexibility index (Phi) is 3.66. The molecule has 0 saturated carbocycles. The van der Waals surface area contributed by atoms with Crippen molar-refractivity contribution < 1.29 is 0 Å². The molecule has 0 amide bonds. The molecule has 0 spiro atoms. The van der Waals surface area contributed by atoms with Crippen molar-refractivity contribution in [2.75, 3.05) is 19.6 Å². The van der Waals surface area contributed by atoms with Crippen LogP contribution in [0.25, 0.3) is 0 Å². The second kappa shape index (κ2) is 5.41. The largest absolute Gasteiger partial charge is 0.312 e. The maximum Gasteiger partial charge on any atom is 0.0522 e. The van der Waals surface area contributed by atoms with Crippen LogP contribution in [0.5, 0.6) is 0 Å². The van der Waals surface area contributed by atoms with Crippen LogP contribution in [0.4, 0.5) is 0 Å². The quantitative estimate of drug-likeness (QED) is 0.776. The first kappa shape index (κ1) is 12.2. The molecule has 2 unspecified atom stereocenters. The van der Waals surface area contributed by atoms with Crippen LogP contribution in [-0.4, -0.2) is 46.8 Å². The highest BCUT2D eigenvalue weighted by molar-refractivity contribution is 5.14. The highest BCUT2D eigenvalue weighted by Gasteiger charge is 2.36. The fourth-order valence-electron chi connectivity index (χ4n) is 3.51. The predicted octanol–water partition coefficient (Wildman–Crippen LogP) is 1.48. The summed E-state index contributed by atoms with van der Waals surface area (Å²) < 4.78 is 0. The predicted molar refractivity (Wildman–Crippen MR) is 72.6 cm³/mol. The van der Waals surface area contributed by atoms with Crippen LogP contribution in [0.3, 0.4) is 0 Å². The standard InChI is InChI=1S/C14H24N4/c1-11-12(10-16-17-11)4-2-7-15-13-6-9-18-8-3-5-14(13)18/h10,13-15H,2-9H2,1H3,(H,16,17). The van der Waals surface area contributed by atoms with Crippen molar-refractivity contribution >= 4 is 0 Å². The maximum absolute atomic E-state index is 4.07. The Bertz CT molecular complexity index is 387. The summed E-state index contributed by atoms with van der Waals surface area (Å²) >= 11 is 0. The summed E-state index contributed by atoms with van der Waals surface area (Å²) in [6.45, 7) is 5.88. The molecule has 2 aliphatic heterocycles. The van der Waals surface area contributed by atoms with Crippen molar-refractivity contribution in [1.82, 2.24) is 20.4 Å². The van der Waals surface area contributed by atoms with E-state index in [2.05, 4.69) is 27.3 Å². The minimum atomic E-state index is 0.748. The van der Waals surface area contributed by atoms with Gasteiger partial charge in [0.15, 0.2) is 0 Å². The van der Waals surface area contributed by atoms with E-state index in [0.29, 0.717) is 0 Å². The van der Waals surface area contributed by atoms with Crippen LogP contribution in [0, 0.1) is 6.92 Å². The third-order valence-corrected chi connectivity index (χ3v) is 4.57. The van der Waals surface area contributed by atoms with Crippen LogP contribution in [-0.2, 0) is 6.42 Å². The summed E-state index contributed by atoms with van der Waals surface area (Å²) in [4.78, 5) is 2.66. The topological polar surface area (TPSA) is 44.0 Å². The fraction of sp³-hybridized carbons (Fsp3) is 0.786. The molecule has 4 heteroatoms. The Balaban J connectivity index is 1.39. The number of hydrogen-bond acceptors (Lipinski definition) is 3. The van der Waals surface area contributed by atoms with Gasteiger partial charge in [-0.05, 0) is 57.7 Å². The van der Waals surface area contributed by atoms with Crippen LogP contribution in [0.2, 0.25) is 0 Å². The molecule has 1 aromatic heterocycles. The Labute approximate surface area is 109 Å². The summed E-state index contributed by atoms with van der Waals surface area (Å²) in [7, 11) is 0. The number of aryl methyl sites for hydroxylation is 2. The molecular formula is C14H24N4. The maximum atomic E-state index is 4.07. The van der Waals surface area contributed by atoms with E-state index in [0.717, 1.165) is 25.0 Å². The minimum Gasteiger partial charge on any atom is -0.312 e. The fourth-order valence-corrected chi connectivity index (χ4v) is 3.51. The molecule has 1 aromatic rings. The van der Waals surface area contributed by atoms with Crippen molar-refractivity contribution in [3.05, 3.63) is 17.5 Å². The van der Waals surface area contributed by atoms with E-state index in [1.807, 2.05) is 6.20 Å². The second-order valence-corrected chi connectivity index (χ2v) is 5.72. The molecular weight excluding hydrogens is 224 g/mol. The number of nitrogens with zero attached hydrogens (tertiary/aromatic N) is 2. The van der Waals surface area contributed by atoms with E-state index < -0.39 is 0 Å². The molecule has 0 radical (unpaired) electrons. The van der Waals surface area contributed by atoms with E-state index in [4.69, 9.17) is 0 Å². The Morgan fingerprint density at radius 1 is 1.44 bits per heavy atom. The molecule has 0 aliphatic carbocycles. The van der Waals surface area contributed by atoms with E-state index >= 15 is 0 Å². The Hall–Kier alpha value is -0.870. The summed E-state index contributed by atoms with van der Waals surface area (Å²) in [6, 6.07) is 1.58. The summed E-state index contributed by atoms with van der Waals surface area (Å²) in [5.41, 5.74) is 2.59. The second-order valence-electron chi connectivity index (χ2n) is 5.72. The lowest BCUT2D eigenvalue weighted by Gasteiger charge is -2.21. The van der Waals surface area contributed by atoms with Crippen molar-refractivity contribution in [3.8, 4) is 0 Å². The number of nitrogens with one attached hydrogen (secondary N) is 2. The average Bonchev–Trinajstić information content (AvgIpc) is 3.03. The lowest BCUT2D eigenvalue weighted by Crippen LogP contribution is -2.39. The van der Waals surface area contributed by atoms with E-state index in [1.54, 1.807) is 0 Å². The van der Waals surface area contributed by atoms with Gasteiger partial charge in [-0.25, -0.2) is 0 Å². The van der Waals surface area contributed by atoms with Crippen LogP contribution in [0.1, 0.15) is 36.9 Å². The van der Waals surface area contributed by atoms with E-state index in [9.17, 15) is 0 Å². The lowest BCUT2D eigenvalue weighted by atomic mass is 10.1. The van der Waals surface area contributed by atoms with Crippen LogP contribution >= 0.6 is 0 Å². The van der Waals surface area contributed by atoms with Gasteiger partial charge in [-0.15, -0.1) is 0 Å². The molecule has 2 atom stereocenters. The first-order valence-electron chi connectivity index (χ1n) is 7.31. The van der Waals surface area contributed by atoms with Crippen molar-refractivity contribution in [1.29, 1.82) is 0 Å². The molecule has 2 aliphatic rings. The summed E-state index contributed by atoms with van der Waals surface area (Å²) in [5.74, 6) is 0. The van der Waals surface area contributed by atoms with Gasteiger partial charge in [0.1, 0.15) is 0 Å². The van der Waals surface area contributed by atoms with Gasteiger partial charge in [-0.3, -0.25) is 10.00 Å². The lowest BCUT2D eigenvalue weighted by molar-refractivity contribution is 0.299. The van der Waals surface area contributed by atoms with E-state index in [1.165, 1.54) is 50.0 Å². The number of rotatable bonds is 5. The van der Waals surface area contributed by atoms with Crippen LogP contribution < -0.4 is 5.32 Å². The zero-order valence-corrected chi connectivity index (χ0v) is 11.3. The first-order valence-corrected chi connectivity index (χ1v) is 7.31. The third-order valence-electron chi connectivity index (χ3n) is 4.57. The zero-order chi connectivity index (χ0) is 12.4. The Morgan fingerprint density at radius 3 is 3.22 bits per heavy atom. The molecule has 18 heavy (non-hydrogen) atoms.